The lowest BCUT2D eigenvalue weighted by atomic mass is 10.1. The molecule has 0 saturated heterocycles. The number of allylic oxidation sites excluding steroid dienone is 14. The number of phosphoric ester groups is 1. The largest absolute Gasteiger partial charge is 0.472 e. The van der Waals surface area contributed by atoms with Crippen molar-refractivity contribution < 1.29 is 37.9 Å². The summed E-state index contributed by atoms with van der Waals surface area (Å²) in [4.78, 5) is 34.0. The second-order valence-electron chi connectivity index (χ2n) is 15.7. The van der Waals surface area contributed by atoms with Crippen molar-refractivity contribution in [3.8, 4) is 0 Å². The number of hydrogen-bond acceptors (Lipinski definition) is 7. The Bertz CT molecular complexity index is 1270. The Balaban J connectivity index is 3.63. The van der Waals surface area contributed by atoms with Crippen LogP contribution in [0.1, 0.15) is 194 Å². The Hall–Kier alpha value is -2.81. The topological polar surface area (TPSA) is 131 Å². The zero-order valence-electron chi connectivity index (χ0n) is 38.6. The highest BCUT2D eigenvalue weighted by atomic mass is 31.2. The fourth-order valence-electron chi connectivity index (χ4n) is 6.20. The summed E-state index contributed by atoms with van der Waals surface area (Å²) >= 11 is 0. The van der Waals surface area contributed by atoms with Gasteiger partial charge in [0.1, 0.15) is 12.7 Å². The second kappa shape index (κ2) is 46.7. The van der Waals surface area contributed by atoms with Gasteiger partial charge in [-0.15, -0.1) is 0 Å². The maximum atomic E-state index is 12.1. The number of unbranched alkanes of at least 4 members (excludes halogenated alkanes) is 17. The molecule has 0 saturated carbocycles. The minimum absolute atomic E-state index is 0.0701. The summed E-state index contributed by atoms with van der Waals surface area (Å²) in [6.45, 7) is 3.39. The maximum Gasteiger partial charge on any atom is 0.472 e. The first-order chi connectivity index (χ1) is 29.8. The predicted molar refractivity (Wildman–Crippen MR) is 256 cm³/mol. The first-order valence-corrected chi connectivity index (χ1v) is 25.6. The molecule has 2 unspecified atom stereocenters. The Kier molecular flexibility index (Phi) is 44.5. The highest BCUT2D eigenvalue weighted by Crippen LogP contribution is 2.42. The molecule has 3 N–H and O–H groups in total. The molecular weight excluding hydrogens is 786 g/mol. The molecule has 0 spiro atoms. The Morgan fingerprint density at radius 2 is 0.934 bits per heavy atom. The number of esters is 1. The molecule has 350 valence electrons. The van der Waals surface area contributed by atoms with E-state index in [1.54, 1.807) is 0 Å². The van der Waals surface area contributed by atoms with Crippen molar-refractivity contribution in [1.29, 1.82) is 0 Å². The van der Waals surface area contributed by atoms with Gasteiger partial charge in [-0.1, -0.05) is 176 Å². The van der Waals surface area contributed by atoms with Crippen LogP contribution in [0.3, 0.4) is 0 Å². The molecule has 0 fully saturated rings. The summed E-state index contributed by atoms with van der Waals surface area (Å²) in [5.41, 5.74) is 0. The molecule has 0 heterocycles. The van der Waals surface area contributed by atoms with Gasteiger partial charge in [-0.3, -0.25) is 18.6 Å². The number of phosphoric acid groups is 1. The number of aliphatic hydroxyl groups excluding tert-OH is 1. The Morgan fingerprint density at radius 1 is 0.525 bits per heavy atom. The fourth-order valence-corrected chi connectivity index (χ4v) is 6.96. The lowest BCUT2D eigenvalue weighted by Crippen LogP contribution is -2.27. The normalized spacial score (nSPS) is 14.0. The van der Waals surface area contributed by atoms with Crippen LogP contribution in [-0.4, -0.2) is 54.3 Å². The number of aliphatic hydroxyl groups is 1. The van der Waals surface area contributed by atoms with Crippen molar-refractivity contribution in [3.05, 3.63) is 85.1 Å². The third-order valence-corrected chi connectivity index (χ3v) is 10.8. The molecule has 61 heavy (non-hydrogen) atoms. The van der Waals surface area contributed by atoms with E-state index in [0.29, 0.717) is 6.42 Å². The van der Waals surface area contributed by atoms with Gasteiger partial charge in [0.05, 0.1) is 13.2 Å². The van der Waals surface area contributed by atoms with Gasteiger partial charge >= 0.3 is 13.8 Å². The smallest absolute Gasteiger partial charge is 0.463 e. The Morgan fingerprint density at radius 3 is 1.41 bits per heavy atom. The van der Waals surface area contributed by atoms with E-state index in [-0.39, 0.29) is 32.1 Å². The van der Waals surface area contributed by atoms with Crippen LogP contribution in [0.4, 0.5) is 0 Å². The molecule has 0 aromatic carbocycles. The third kappa shape index (κ3) is 48.1. The zero-order chi connectivity index (χ0) is 44.6. The van der Waals surface area contributed by atoms with Crippen LogP contribution < -0.4 is 5.32 Å². The van der Waals surface area contributed by atoms with Crippen molar-refractivity contribution in [1.82, 2.24) is 5.32 Å². The van der Waals surface area contributed by atoms with Gasteiger partial charge in [0, 0.05) is 19.4 Å². The van der Waals surface area contributed by atoms with E-state index in [1.807, 2.05) is 0 Å². The average Bonchev–Trinajstić information content (AvgIpc) is 3.25. The standard InChI is InChI=1S/C51H88NO8P/c1-3-5-7-9-11-13-15-17-19-21-22-23-24-25-26-28-30-32-34-36-38-40-42-44-51(55)58-47-49(53)48-60-61(56,57)59-46-45-52-50(54)43-41-39-37-35-33-31-29-27-20-18-16-14-12-10-8-6-4-2/h6,8,11-14,17-20,22-23,25-26,49,53H,3-5,7,9-10,15-16,21,24,27-48H2,1-2H3,(H,52,54)(H,56,57)/b8-6-,13-11-,14-12-,19-17-,20-18-,23-22-,26-25-. The third-order valence-electron chi connectivity index (χ3n) is 9.81. The Labute approximate surface area is 373 Å². The number of nitrogens with one attached hydrogen (secondary N) is 1. The van der Waals surface area contributed by atoms with Crippen LogP contribution in [0.5, 0.6) is 0 Å². The molecule has 0 aromatic heterocycles. The zero-order valence-corrected chi connectivity index (χ0v) is 39.5. The summed E-state index contributed by atoms with van der Waals surface area (Å²) < 4.78 is 26.9. The van der Waals surface area contributed by atoms with Gasteiger partial charge in [-0.2, -0.15) is 0 Å². The molecule has 0 aliphatic heterocycles. The molecule has 0 bridgehead atoms. The summed E-state index contributed by atoms with van der Waals surface area (Å²) in [5, 5.41) is 12.7. The number of amides is 1. The fraction of sp³-hybridized carbons (Fsp3) is 0.686. The van der Waals surface area contributed by atoms with E-state index in [2.05, 4.69) is 104 Å². The minimum Gasteiger partial charge on any atom is -0.463 e. The highest BCUT2D eigenvalue weighted by Gasteiger charge is 2.23. The average molecular weight is 874 g/mol. The van der Waals surface area contributed by atoms with Crippen molar-refractivity contribution in [2.45, 2.75) is 200 Å². The molecule has 10 heteroatoms. The summed E-state index contributed by atoms with van der Waals surface area (Å²) in [5.74, 6) is -0.541. The first kappa shape index (κ1) is 58.2. The number of rotatable bonds is 44. The highest BCUT2D eigenvalue weighted by molar-refractivity contribution is 7.47. The summed E-state index contributed by atoms with van der Waals surface area (Å²) in [6, 6.07) is 0. The molecular formula is C51H88NO8P. The van der Waals surface area contributed by atoms with Gasteiger partial charge in [-0.25, -0.2) is 4.57 Å². The van der Waals surface area contributed by atoms with Crippen LogP contribution in [0.25, 0.3) is 0 Å². The lowest BCUT2D eigenvalue weighted by Gasteiger charge is -2.15. The quantitative estimate of drug-likeness (QED) is 0.0239. The number of carbonyl (C=O) groups is 2. The van der Waals surface area contributed by atoms with E-state index in [1.165, 1.54) is 70.6 Å². The molecule has 0 aliphatic carbocycles. The van der Waals surface area contributed by atoms with Gasteiger partial charge in [0.25, 0.3) is 0 Å². The molecule has 0 radical (unpaired) electrons. The van der Waals surface area contributed by atoms with Gasteiger partial charge in [0.15, 0.2) is 0 Å². The van der Waals surface area contributed by atoms with Crippen LogP contribution in [0, 0.1) is 0 Å². The SMILES string of the molecule is CC/C=C\C/C=C\C/C=C\CCCCCCCCCC(=O)NCCOP(=O)(O)OCC(O)COC(=O)CCCCCCCCC/C=C\C/C=C\C/C=C\C/C=C\CCCCC. The number of hydrogen-bond donors (Lipinski definition) is 3. The van der Waals surface area contributed by atoms with E-state index in [4.69, 9.17) is 13.8 Å². The number of carbonyl (C=O) groups excluding carboxylic acids is 2. The molecule has 2 atom stereocenters. The molecule has 1 amide bonds. The van der Waals surface area contributed by atoms with Crippen molar-refractivity contribution >= 4 is 19.7 Å². The van der Waals surface area contributed by atoms with Gasteiger partial charge < -0.3 is 20.1 Å². The van der Waals surface area contributed by atoms with Gasteiger partial charge in [0.2, 0.25) is 5.91 Å². The minimum atomic E-state index is -4.43. The van der Waals surface area contributed by atoms with Crippen LogP contribution in [-0.2, 0) is 27.9 Å². The van der Waals surface area contributed by atoms with Crippen LogP contribution in [0.15, 0.2) is 85.1 Å². The molecule has 0 aliphatic rings. The van der Waals surface area contributed by atoms with Crippen molar-refractivity contribution in [2.24, 2.45) is 0 Å². The van der Waals surface area contributed by atoms with Crippen LogP contribution in [0.2, 0.25) is 0 Å². The second-order valence-corrected chi connectivity index (χ2v) is 17.1. The lowest BCUT2D eigenvalue weighted by molar-refractivity contribution is -0.147. The van der Waals surface area contributed by atoms with E-state index >= 15 is 0 Å². The molecule has 9 nitrogen and oxygen atoms in total. The first-order valence-electron chi connectivity index (χ1n) is 24.1. The van der Waals surface area contributed by atoms with E-state index in [0.717, 1.165) is 96.3 Å². The van der Waals surface area contributed by atoms with Crippen molar-refractivity contribution in [3.63, 3.8) is 0 Å². The predicted octanol–water partition coefficient (Wildman–Crippen LogP) is 14.0. The van der Waals surface area contributed by atoms with E-state index in [9.17, 15) is 24.2 Å². The maximum absolute atomic E-state index is 12.1. The van der Waals surface area contributed by atoms with E-state index < -0.39 is 26.5 Å². The number of ether oxygens (including phenoxy) is 1. The summed E-state index contributed by atoms with van der Waals surface area (Å²) in [6.07, 6.45) is 59.4. The van der Waals surface area contributed by atoms with Crippen molar-refractivity contribution in [2.75, 3.05) is 26.4 Å². The summed E-state index contributed by atoms with van der Waals surface area (Å²) in [7, 11) is -4.43. The molecule has 0 rings (SSSR count). The van der Waals surface area contributed by atoms with Crippen LogP contribution >= 0.6 is 7.82 Å². The van der Waals surface area contributed by atoms with Gasteiger partial charge in [-0.05, 0) is 89.9 Å². The molecule has 0 aromatic rings. The monoisotopic (exact) mass is 874 g/mol.